The number of carbonyl (C=O) groups excluding carboxylic acids is 2. The van der Waals surface area contributed by atoms with Gasteiger partial charge in [-0.3, -0.25) is 13.9 Å². The summed E-state index contributed by atoms with van der Waals surface area (Å²) in [6, 6.07) is 21.7. The Morgan fingerprint density at radius 1 is 0.949 bits per heavy atom. The molecule has 0 unspecified atom stereocenters. The highest BCUT2D eigenvalue weighted by Gasteiger charge is 2.33. The van der Waals surface area contributed by atoms with Gasteiger partial charge >= 0.3 is 0 Å². The zero-order valence-corrected chi connectivity index (χ0v) is 24.1. The number of amides is 2. The summed E-state index contributed by atoms with van der Waals surface area (Å²) < 4.78 is 31.8. The minimum atomic E-state index is -3.85. The molecule has 3 aromatic carbocycles. The molecular weight excluding hydrogens is 538 g/mol. The highest BCUT2D eigenvalue weighted by atomic mass is 35.5. The van der Waals surface area contributed by atoms with Crippen molar-refractivity contribution in [2.75, 3.05) is 24.2 Å². The van der Waals surface area contributed by atoms with Gasteiger partial charge in [0.05, 0.1) is 19.1 Å². The van der Waals surface area contributed by atoms with E-state index >= 15 is 0 Å². The van der Waals surface area contributed by atoms with E-state index < -0.39 is 28.5 Å². The van der Waals surface area contributed by atoms with Gasteiger partial charge in [0.2, 0.25) is 21.8 Å². The number of benzene rings is 3. The van der Waals surface area contributed by atoms with Crippen LogP contribution in [0.3, 0.4) is 0 Å². The molecule has 8 nitrogen and oxygen atoms in total. The topological polar surface area (TPSA) is 96.0 Å². The first-order valence-electron chi connectivity index (χ1n) is 12.5. The molecule has 0 saturated carbocycles. The van der Waals surface area contributed by atoms with Gasteiger partial charge in [-0.2, -0.15) is 0 Å². The summed E-state index contributed by atoms with van der Waals surface area (Å²) in [5.74, 6) is -0.315. The van der Waals surface area contributed by atoms with Crippen LogP contribution in [0.1, 0.15) is 25.0 Å². The molecule has 0 aliphatic heterocycles. The number of anilines is 1. The molecule has 0 radical (unpaired) electrons. The molecule has 0 saturated heterocycles. The van der Waals surface area contributed by atoms with E-state index in [2.05, 4.69) is 5.32 Å². The Kier molecular flexibility index (Phi) is 10.4. The number of nitrogens with one attached hydrogen (secondary N) is 1. The Bertz CT molecular complexity index is 1370. The summed E-state index contributed by atoms with van der Waals surface area (Å²) in [4.78, 5) is 28.9. The molecule has 0 aromatic heterocycles. The number of sulfonamides is 1. The maximum Gasteiger partial charge on any atom is 0.244 e. The summed E-state index contributed by atoms with van der Waals surface area (Å²) in [5, 5.41) is 3.41. The van der Waals surface area contributed by atoms with Crippen molar-refractivity contribution in [3.8, 4) is 5.75 Å². The molecule has 1 N–H and O–H groups in total. The van der Waals surface area contributed by atoms with E-state index in [9.17, 15) is 18.0 Å². The van der Waals surface area contributed by atoms with Gasteiger partial charge in [-0.05, 0) is 61.4 Å². The molecule has 2 amide bonds. The number of methoxy groups -OCH3 is 1. The molecule has 0 aliphatic carbocycles. The number of ether oxygens (including phenoxy) is 1. The lowest BCUT2D eigenvalue weighted by Gasteiger charge is -2.34. The van der Waals surface area contributed by atoms with E-state index in [0.717, 1.165) is 16.1 Å². The van der Waals surface area contributed by atoms with Crippen molar-refractivity contribution in [1.29, 1.82) is 0 Å². The van der Waals surface area contributed by atoms with E-state index in [1.165, 1.54) is 12.0 Å². The smallest absolute Gasteiger partial charge is 0.244 e. The Morgan fingerprint density at radius 3 is 2.15 bits per heavy atom. The predicted molar refractivity (Wildman–Crippen MR) is 154 cm³/mol. The van der Waals surface area contributed by atoms with Crippen LogP contribution in [0, 0.1) is 0 Å². The standard InChI is InChI=1S/C29H34ClN3O5S/c1-21(2)31-29(35)27(18-22-9-6-5-7-10-22)32(19-23-11-8-12-24(30)17-23)28(34)20-33(39(4,36)37)25-13-15-26(38-3)16-14-25/h5-17,21,27H,18-20H2,1-4H3,(H,31,35)/t27-/m1/s1. The van der Waals surface area contributed by atoms with Crippen LogP contribution in [0.5, 0.6) is 5.75 Å². The molecule has 3 rings (SSSR count). The van der Waals surface area contributed by atoms with E-state index in [1.54, 1.807) is 42.5 Å². The lowest BCUT2D eigenvalue weighted by molar-refractivity contribution is -0.140. The first kappa shape index (κ1) is 30.0. The molecular formula is C29H34ClN3O5S. The van der Waals surface area contributed by atoms with Gasteiger partial charge in [0, 0.05) is 24.0 Å². The molecule has 0 aliphatic rings. The van der Waals surface area contributed by atoms with Gasteiger partial charge in [-0.15, -0.1) is 0 Å². The summed E-state index contributed by atoms with van der Waals surface area (Å²) in [7, 11) is -2.34. The van der Waals surface area contributed by atoms with Crippen LogP contribution in [0.25, 0.3) is 0 Å². The second kappa shape index (κ2) is 13.5. The van der Waals surface area contributed by atoms with Crippen molar-refractivity contribution < 1.29 is 22.7 Å². The monoisotopic (exact) mass is 571 g/mol. The third kappa shape index (κ3) is 8.73. The van der Waals surface area contributed by atoms with Crippen molar-refractivity contribution >= 4 is 39.1 Å². The fraction of sp³-hybridized carbons (Fsp3) is 0.310. The van der Waals surface area contributed by atoms with E-state index in [4.69, 9.17) is 16.3 Å². The van der Waals surface area contributed by atoms with Gasteiger partial charge in [-0.1, -0.05) is 54.1 Å². The van der Waals surface area contributed by atoms with Crippen molar-refractivity contribution in [3.63, 3.8) is 0 Å². The van der Waals surface area contributed by atoms with E-state index in [-0.39, 0.29) is 24.9 Å². The Hall–Kier alpha value is -3.56. The van der Waals surface area contributed by atoms with Gasteiger partial charge in [-0.25, -0.2) is 8.42 Å². The zero-order valence-electron chi connectivity index (χ0n) is 22.5. The minimum Gasteiger partial charge on any atom is -0.497 e. The molecule has 0 bridgehead atoms. The van der Waals surface area contributed by atoms with Crippen molar-refractivity contribution in [2.45, 2.75) is 38.9 Å². The van der Waals surface area contributed by atoms with E-state index in [1.807, 2.05) is 50.2 Å². The van der Waals surface area contributed by atoms with Crippen molar-refractivity contribution in [1.82, 2.24) is 10.2 Å². The fourth-order valence-corrected chi connectivity index (χ4v) is 5.19. The summed E-state index contributed by atoms with van der Waals surface area (Å²) >= 11 is 6.22. The minimum absolute atomic E-state index is 0.0582. The molecule has 3 aromatic rings. The molecule has 1 atom stereocenters. The fourth-order valence-electron chi connectivity index (χ4n) is 4.13. The number of hydrogen-bond donors (Lipinski definition) is 1. The molecule has 0 heterocycles. The van der Waals surface area contributed by atoms with Gasteiger partial charge in [0.25, 0.3) is 0 Å². The third-order valence-corrected chi connectivity index (χ3v) is 7.36. The van der Waals surface area contributed by atoms with Crippen LogP contribution in [-0.4, -0.2) is 57.1 Å². The van der Waals surface area contributed by atoms with Gasteiger partial charge in [0.15, 0.2) is 0 Å². The molecule has 208 valence electrons. The summed E-state index contributed by atoms with van der Waals surface area (Å²) in [6.07, 6.45) is 1.28. The maximum atomic E-state index is 14.0. The summed E-state index contributed by atoms with van der Waals surface area (Å²) in [5.41, 5.74) is 1.88. The van der Waals surface area contributed by atoms with Crippen LogP contribution in [0.2, 0.25) is 5.02 Å². The first-order chi connectivity index (χ1) is 18.5. The number of halogens is 1. The number of carbonyl (C=O) groups is 2. The molecule has 0 fully saturated rings. The van der Waals surface area contributed by atoms with Gasteiger partial charge in [0.1, 0.15) is 18.3 Å². The van der Waals surface area contributed by atoms with Crippen LogP contribution in [0.4, 0.5) is 5.69 Å². The van der Waals surface area contributed by atoms with Crippen LogP contribution in [-0.2, 0) is 32.6 Å². The number of rotatable bonds is 12. The first-order valence-corrected chi connectivity index (χ1v) is 14.7. The average molecular weight is 572 g/mol. The Morgan fingerprint density at radius 2 is 1.59 bits per heavy atom. The second-order valence-corrected chi connectivity index (χ2v) is 11.8. The van der Waals surface area contributed by atoms with Crippen molar-refractivity contribution in [2.24, 2.45) is 0 Å². The zero-order chi connectivity index (χ0) is 28.6. The Balaban J connectivity index is 2.04. The van der Waals surface area contributed by atoms with E-state index in [0.29, 0.717) is 22.0 Å². The maximum absolute atomic E-state index is 14.0. The van der Waals surface area contributed by atoms with Crippen molar-refractivity contribution in [3.05, 3.63) is 95.0 Å². The van der Waals surface area contributed by atoms with Crippen LogP contribution < -0.4 is 14.4 Å². The predicted octanol–water partition coefficient (Wildman–Crippen LogP) is 4.28. The van der Waals surface area contributed by atoms with Gasteiger partial charge < -0.3 is 15.0 Å². The number of nitrogens with zero attached hydrogens (tertiary/aromatic N) is 2. The SMILES string of the molecule is COc1ccc(N(CC(=O)N(Cc2cccc(Cl)c2)[C@H](Cc2ccccc2)C(=O)NC(C)C)S(C)(=O)=O)cc1. The second-order valence-electron chi connectivity index (χ2n) is 9.49. The lowest BCUT2D eigenvalue weighted by Crippen LogP contribution is -2.54. The molecule has 39 heavy (non-hydrogen) atoms. The lowest BCUT2D eigenvalue weighted by atomic mass is 10.0. The quantitative estimate of drug-likeness (QED) is 0.350. The molecule has 0 spiro atoms. The largest absolute Gasteiger partial charge is 0.497 e. The van der Waals surface area contributed by atoms with Crippen LogP contribution in [0.15, 0.2) is 78.9 Å². The Labute approximate surface area is 235 Å². The normalized spacial score (nSPS) is 12.1. The highest BCUT2D eigenvalue weighted by molar-refractivity contribution is 7.92. The number of hydrogen-bond acceptors (Lipinski definition) is 5. The highest BCUT2D eigenvalue weighted by Crippen LogP contribution is 2.23. The summed E-state index contributed by atoms with van der Waals surface area (Å²) in [6.45, 7) is 3.25. The third-order valence-electron chi connectivity index (χ3n) is 5.98. The molecule has 10 heteroatoms. The average Bonchev–Trinajstić information content (AvgIpc) is 2.89. The van der Waals surface area contributed by atoms with Crippen LogP contribution >= 0.6 is 11.6 Å².